The van der Waals surface area contributed by atoms with Crippen molar-refractivity contribution in [1.29, 1.82) is 0 Å². The predicted molar refractivity (Wildman–Crippen MR) is 154 cm³/mol. The molecule has 0 aliphatic carbocycles. The van der Waals surface area contributed by atoms with Crippen LogP contribution in [0.2, 0.25) is 0 Å². The molecule has 0 fully saturated rings. The smallest absolute Gasteiger partial charge is 0.307 e. The van der Waals surface area contributed by atoms with Crippen LogP contribution < -0.4 is 0 Å². The zero-order chi connectivity index (χ0) is 26.7. The zero-order valence-corrected chi connectivity index (χ0v) is 24.3. The number of carboxylic acid groups (broad SMARTS) is 2. The molecule has 0 radical (unpaired) electrons. The standard InChI is InChI=1S/C32H62O4/c1-3-5-7-9-11-13-15-16-17-18-20-22-24-26-28-30(32(35)36)29(31(33)34)27-25-23-21-19-14-12-10-8-6-4-2/h29-30H,3-28H2,1-2H3,(H,33,34)(H,35,36). The molecule has 0 aliphatic rings. The first kappa shape index (κ1) is 34.9. The first-order chi connectivity index (χ1) is 17.5. The van der Waals surface area contributed by atoms with Gasteiger partial charge in [0.15, 0.2) is 0 Å². The normalized spacial score (nSPS) is 13.1. The second-order valence-electron chi connectivity index (χ2n) is 11.2. The Kier molecular flexibility index (Phi) is 26.2. The maximum atomic E-state index is 11.8. The molecule has 2 unspecified atom stereocenters. The molecule has 2 N–H and O–H groups in total. The molecule has 0 aromatic heterocycles. The first-order valence-corrected chi connectivity index (χ1v) is 16.0. The Morgan fingerprint density at radius 1 is 0.389 bits per heavy atom. The van der Waals surface area contributed by atoms with Gasteiger partial charge in [-0.2, -0.15) is 0 Å². The van der Waals surface area contributed by atoms with Crippen LogP contribution in [0.25, 0.3) is 0 Å². The average Bonchev–Trinajstić information content (AvgIpc) is 2.85. The summed E-state index contributed by atoms with van der Waals surface area (Å²) in [5.74, 6) is -3.33. The highest BCUT2D eigenvalue weighted by Gasteiger charge is 2.32. The summed E-state index contributed by atoms with van der Waals surface area (Å²) >= 11 is 0. The van der Waals surface area contributed by atoms with Gasteiger partial charge in [0.2, 0.25) is 0 Å². The van der Waals surface area contributed by atoms with E-state index in [-0.39, 0.29) is 0 Å². The summed E-state index contributed by atoms with van der Waals surface area (Å²) in [5, 5.41) is 19.4. The van der Waals surface area contributed by atoms with Crippen LogP contribution >= 0.6 is 0 Å². The fourth-order valence-electron chi connectivity index (χ4n) is 5.40. The third-order valence-electron chi connectivity index (χ3n) is 7.86. The summed E-state index contributed by atoms with van der Waals surface area (Å²) in [6, 6.07) is 0. The molecular weight excluding hydrogens is 448 g/mol. The van der Waals surface area contributed by atoms with Gasteiger partial charge in [-0.25, -0.2) is 0 Å². The third kappa shape index (κ3) is 22.2. The Morgan fingerprint density at radius 2 is 0.583 bits per heavy atom. The van der Waals surface area contributed by atoms with Crippen molar-refractivity contribution in [3.8, 4) is 0 Å². The van der Waals surface area contributed by atoms with E-state index >= 15 is 0 Å². The highest BCUT2D eigenvalue weighted by atomic mass is 16.4. The van der Waals surface area contributed by atoms with Gasteiger partial charge in [0.05, 0.1) is 11.8 Å². The van der Waals surface area contributed by atoms with E-state index in [1.165, 1.54) is 116 Å². The summed E-state index contributed by atoms with van der Waals surface area (Å²) in [6.07, 6.45) is 30.8. The monoisotopic (exact) mass is 510 g/mol. The Hall–Kier alpha value is -1.06. The molecule has 2 atom stereocenters. The summed E-state index contributed by atoms with van der Waals surface area (Å²) in [7, 11) is 0. The van der Waals surface area contributed by atoms with E-state index in [0.29, 0.717) is 12.8 Å². The SMILES string of the molecule is CCCCCCCCCCCCCCCCC(C(=O)O)C(CCCCCCCCCCCC)C(=O)O. The number of unbranched alkanes of at least 4 members (excludes halogenated alkanes) is 22. The molecule has 0 bridgehead atoms. The summed E-state index contributed by atoms with van der Waals surface area (Å²) < 4.78 is 0. The van der Waals surface area contributed by atoms with Gasteiger partial charge in [-0.1, -0.05) is 168 Å². The van der Waals surface area contributed by atoms with Crippen LogP contribution in [-0.4, -0.2) is 22.2 Å². The van der Waals surface area contributed by atoms with Crippen molar-refractivity contribution in [2.75, 3.05) is 0 Å². The van der Waals surface area contributed by atoms with E-state index in [1.54, 1.807) is 0 Å². The topological polar surface area (TPSA) is 74.6 Å². The fraction of sp³-hybridized carbons (Fsp3) is 0.938. The van der Waals surface area contributed by atoms with E-state index in [4.69, 9.17) is 0 Å². The van der Waals surface area contributed by atoms with E-state index in [9.17, 15) is 19.8 Å². The summed E-state index contributed by atoms with van der Waals surface area (Å²) in [4.78, 5) is 23.7. The van der Waals surface area contributed by atoms with Gasteiger partial charge in [-0.3, -0.25) is 9.59 Å². The molecule has 0 aromatic carbocycles. The number of hydrogen-bond acceptors (Lipinski definition) is 2. The maximum absolute atomic E-state index is 11.8. The van der Waals surface area contributed by atoms with Crippen molar-refractivity contribution >= 4 is 11.9 Å². The second kappa shape index (κ2) is 27.0. The largest absolute Gasteiger partial charge is 0.481 e. The minimum absolute atomic E-state index is 0.501. The lowest BCUT2D eigenvalue weighted by Gasteiger charge is -2.20. The van der Waals surface area contributed by atoms with Crippen LogP contribution in [-0.2, 0) is 9.59 Å². The number of carbonyl (C=O) groups is 2. The van der Waals surface area contributed by atoms with Gasteiger partial charge in [0.25, 0.3) is 0 Å². The quantitative estimate of drug-likeness (QED) is 0.0981. The van der Waals surface area contributed by atoms with Gasteiger partial charge >= 0.3 is 11.9 Å². The van der Waals surface area contributed by atoms with Gasteiger partial charge in [-0.05, 0) is 12.8 Å². The van der Waals surface area contributed by atoms with Crippen LogP contribution in [0.3, 0.4) is 0 Å². The lowest BCUT2D eigenvalue weighted by atomic mass is 9.84. The van der Waals surface area contributed by atoms with Crippen molar-refractivity contribution in [2.45, 2.75) is 181 Å². The van der Waals surface area contributed by atoms with Crippen LogP contribution in [0.15, 0.2) is 0 Å². The summed E-state index contributed by atoms with van der Waals surface area (Å²) in [6.45, 7) is 4.50. The third-order valence-corrected chi connectivity index (χ3v) is 7.86. The van der Waals surface area contributed by atoms with Crippen LogP contribution in [0.4, 0.5) is 0 Å². The molecule has 4 nitrogen and oxygen atoms in total. The van der Waals surface area contributed by atoms with Gasteiger partial charge in [0.1, 0.15) is 0 Å². The maximum Gasteiger partial charge on any atom is 0.307 e. The Balaban J connectivity index is 3.86. The molecule has 0 aliphatic heterocycles. The molecule has 36 heavy (non-hydrogen) atoms. The molecule has 0 amide bonds. The van der Waals surface area contributed by atoms with Gasteiger partial charge < -0.3 is 10.2 Å². The minimum Gasteiger partial charge on any atom is -0.481 e. The Bertz CT molecular complexity index is 491. The highest BCUT2D eigenvalue weighted by Crippen LogP contribution is 2.26. The minimum atomic E-state index is -0.927. The van der Waals surface area contributed by atoms with E-state index in [1.807, 2.05) is 0 Å². The highest BCUT2D eigenvalue weighted by molar-refractivity contribution is 5.79. The number of rotatable bonds is 29. The Morgan fingerprint density at radius 3 is 0.778 bits per heavy atom. The van der Waals surface area contributed by atoms with Gasteiger partial charge in [-0.15, -0.1) is 0 Å². The second-order valence-corrected chi connectivity index (χ2v) is 11.2. The number of aliphatic carboxylic acids is 2. The molecular formula is C32H62O4. The van der Waals surface area contributed by atoms with Crippen molar-refractivity contribution in [2.24, 2.45) is 11.8 Å². The predicted octanol–water partition coefficient (Wildman–Crippen LogP) is 10.6. The van der Waals surface area contributed by atoms with Crippen molar-refractivity contribution in [3.63, 3.8) is 0 Å². The lowest BCUT2D eigenvalue weighted by molar-refractivity contribution is -0.154. The van der Waals surface area contributed by atoms with Crippen molar-refractivity contribution in [1.82, 2.24) is 0 Å². The lowest BCUT2D eigenvalue weighted by Crippen LogP contribution is -2.30. The molecule has 0 spiro atoms. The zero-order valence-electron chi connectivity index (χ0n) is 24.3. The first-order valence-electron chi connectivity index (χ1n) is 16.0. The molecule has 0 saturated heterocycles. The molecule has 0 saturated carbocycles. The summed E-state index contributed by atoms with van der Waals surface area (Å²) in [5.41, 5.74) is 0. The average molecular weight is 511 g/mol. The molecule has 0 heterocycles. The van der Waals surface area contributed by atoms with Crippen LogP contribution in [0, 0.1) is 11.8 Å². The number of carboxylic acids is 2. The molecule has 0 aromatic rings. The van der Waals surface area contributed by atoms with E-state index in [0.717, 1.165) is 38.5 Å². The van der Waals surface area contributed by atoms with Crippen LogP contribution in [0.1, 0.15) is 181 Å². The molecule has 0 rings (SSSR count). The van der Waals surface area contributed by atoms with Crippen molar-refractivity contribution < 1.29 is 19.8 Å². The van der Waals surface area contributed by atoms with E-state index in [2.05, 4.69) is 13.8 Å². The molecule has 214 valence electrons. The van der Waals surface area contributed by atoms with Crippen LogP contribution in [0.5, 0.6) is 0 Å². The molecule has 4 heteroatoms. The van der Waals surface area contributed by atoms with Gasteiger partial charge in [0, 0.05) is 0 Å². The van der Waals surface area contributed by atoms with E-state index < -0.39 is 23.8 Å². The number of hydrogen-bond donors (Lipinski definition) is 2. The fourth-order valence-corrected chi connectivity index (χ4v) is 5.40. The Labute approximate surface area is 224 Å². The van der Waals surface area contributed by atoms with Crippen molar-refractivity contribution in [3.05, 3.63) is 0 Å².